The number of anilines is 2. The normalized spacial score (nSPS) is 23.0. The first-order valence-electron chi connectivity index (χ1n) is 7.18. The van der Waals surface area contributed by atoms with E-state index in [0.717, 1.165) is 18.8 Å². The molecule has 1 aromatic rings. The fraction of sp³-hybridized carbons (Fsp3) is 0.533. The van der Waals surface area contributed by atoms with Crippen molar-refractivity contribution in [3.63, 3.8) is 0 Å². The van der Waals surface area contributed by atoms with Gasteiger partial charge in [-0.1, -0.05) is 18.5 Å². The predicted octanol–water partition coefficient (Wildman–Crippen LogP) is 3.08. The summed E-state index contributed by atoms with van der Waals surface area (Å²) < 4.78 is 0. The molecule has 2 unspecified atom stereocenters. The molecule has 4 nitrogen and oxygen atoms in total. The van der Waals surface area contributed by atoms with Crippen molar-refractivity contribution >= 4 is 40.6 Å². The topological polar surface area (TPSA) is 58.4 Å². The number of nitrogens with one attached hydrogen (secondary N) is 1. The summed E-state index contributed by atoms with van der Waals surface area (Å²) in [6.45, 7) is 6.29. The third-order valence-corrected chi connectivity index (χ3v) is 5.50. The van der Waals surface area contributed by atoms with Crippen LogP contribution in [0, 0.1) is 0 Å². The number of carbonyl (C=O) groups excluding carboxylic acids is 1. The number of halogens is 1. The minimum Gasteiger partial charge on any atom is -0.397 e. The zero-order chi connectivity index (χ0) is 15.4. The molecule has 1 amide bonds. The highest BCUT2D eigenvalue weighted by molar-refractivity contribution is 8.00. The van der Waals surface area contributed by atoms with Gasteiger partial charge in [0.25, 0.3) is 0 Å². The standard InChI is InChI=1S/C15H22ClN3OS/c1-10-11(2)21-8-7-19(10)6-5-15(20)18-14-9-12(16)3-4-13(14)17/h3-4,9-11H,5-8,17H2,1-2H3,(H,18,20). The van der Waals surface area contributed by atoms with Gasteiger partial charge in [-0.15, -0.1) is 0 Å². The molecule has 0 spiro atoms. The second-order valence-corrected chi connectivity index (χ2v) is 7.30. The van der Waals surface area contributed by atoms with Crippen LogP contribution < -0.4 is 11.1 Å². The quantitative estimate of drug-likeness (QED) is 0.834. The summed E-state index contributed by atoms with van der Waals surface area (Å²) in [5, 5.41) is 4.02. The molecule has 21 heavy (non-hydrogen) atoms. The highest BCUT2D eigenvalue weighted by Gasteiger charge is 2.25. The van der Waals surface area contributed by atoms with Crippen molar-refractivity contribution in [2.45, 2.75) is 31.6 Å². The number of thioether (sulfide) groups is 1. The van der Waals surface area contributed by atoms with Crippen LogP contribution in [-0.4, -0.2) is 40.9 Å². The Bertz CT molecular complexity index is 512. The first-order valence-corrected chi connectivity index (χ1v) is 8.60. The lowest BCUT2D eigenvalue weighted by atomic mass is 10.2. The van der Waals surface area contributed by atoms with Crippen LogP contribution in [0.3, 0.4) is 0 Å². The number of carbonyl (C=O) groups is 1. The van der Waals surface area contributed by atoms with Crippen molar-refractivity contribution in [2.24, 2.45) is 0 Å². The van der Waals surface area contributed by atoms with Gasteiger partial charge in [-0.05, 0) is 25.1 Å². The summed E-state index contributed by atoms with van der Waals surface area (Å²) in [6, 6.07) is 5.59. The molecule has 116 valence electrons. The minimum atomic E-state index is -0.0259. The average molecular weight is 328 g/mol. The van der Waals surface area contributed by atoms with E-state index in [9.17, 15) is 4.79 Å². The van der Waals surface area contributed by atoms with Gasteiger partial charge in [0.05, 0.1) is 11.4 Å². The lowest BCUT2D eigenvalue weighted by Crippen LogP contribution is -2.45. The van der Waals surface area contributed by atoms with Crippen molar-refractivity contribution in [1.29, 1.82) is 0 Å². The van der Waals surface area contributed by atoms with Crippen molar-refractivity contribution < 1.29 is 4.79 Å². The molecule has 2 atom stereocenters. The molecule has 0 saturated carbocycles. The van der Waals surface area contributed by atoms with Gasteiger partial charge in [0.15, 0.2) is 0 Å². The van der Waals surface area contributed by atoms with Gasteiger partial charge < -0.3 is 11.1 Å². The fourth-order valence-corrected chi connectivity index (χ4v) is 3.74. The molecular formula is C15H22ClN3OS. The van der Waals surface area contributed by atoms with Crippen LogP contribution in [0.5, 0.6) is 0 Å². The SMILES string of the molecule is CC1SCCN(CCC(=O)Nc2cc(Cl)ccc2N)C1C. The molecule has 0 aromatic heterocycles. The third kappa shape index (κ3) is 4.53. The second kappa shape index (κ2) is 7.38. The van der Waals surface area contributed by atoms with Crippen molar-refractivity contribution in [3.05, 3.63) is 23.2 Å². The Labute approximate surface area is 135 Å². The van der Waals surface area contributed by atoms with E-state index in [1.807, 2.05) is 11.8 Å². The zero-order valence-electron chi connectivity index (χ0n) is 12.4. The maximum Gasteiger partial charge on any atom is 0.225 e. The van der Waals surface area contributed by atoms with Crippen molar-refractivity contribution in [3.8, 4) is 0 Å². The highest BCUT2D eigenvalue weighted by Crippen LogP contribution is 2.25. The monoisotopic (exact) mass is 327 g/mol. The first-order chi connectivity index (χ1) is 9.97. The average Bonchev–Trinajstić information content (AvgIpc) is 2.44. The Morgan fingerprint density at radius 1 is 1.52 bits per heavy atom. The first kappa shape index (κ1) is 16.5. The van der Waals surface area contributed by atoms with Gasteiger partial charge in [-0.2, -0.15) is 11.8 Å². The van der Waals surface area contributed by atoms with E-state index in [-0.39, 0.29) is 5.91 Å². The largest absolute Gasteiger partial charge is 0.397 e. The molecule has 1 fully saturated rings. The summed E-state index contributed by atoms with van der Waals surface area (Å²) in [5.74, 6) is 1.11. The Balaban J connectivity index is 1.86. The van der Waals surface area contributed by atoms with E-state index in [1.54, 1.807) is 18.2 Å². The van der Waals surface area contributed by atoms with Gasteiger partial charge in [0.1, 0.15) is 0 Å². The lowest BCUT2D eigenvalue weighted by molar-refractivity contribution is -0.116. The summed E-state index contributed by atoms with van der Waals surface area (Å²) in [6.07, 6.45) is 0.466. The predicted molar refractivity (Wildman–Crippen MR) is 92.1 cm³/mol. The molecule has 0 aliphatic carbocycles. The van der Waals surface area contributed by atoms with Crippen LogP contribution >= 0.6 is 23.4 Å². The number of amides is 1. The Morgan fingerprint density at radius 3 is 3.05 bits per heavy atom. The van der Waals surface area contributed by atoms with Crippen LogP contribution in [0.25, 0.3) is 0 Å². The number of hydrogen-bond donors (Lipinski definition) is 2. The molecule has 1 saturated heterocycles. The fourth-order valence-electron chi connectivity index (χ4n) is 2.41. The van der Waals surface area contributed by atoms with Gasteiger partial charge in [-0.25, -0.2) is 0 Å². The molecular weight excluding hydrogens is 306 g/mol. The molecule has 1 aromatic carbocycles. The number of benzene rings is 1. The molecule has 1 heterocycles. The van der Waals surface area contributed by atoms with Gasteiger partial charge in [-0.3, -0.25) is 9.69 Å². The maximum atomic E-state index is 12.1. The van der Waals surface area contributed by atoms with E-state index >= 15 is 0 Å². The summed E-state index contributed by atoms with van der Waals surface area (Å²) in [7, 11) is 0. The Morgan fingerprint density at radius 2 is 2.29 bits per heavy atom. The maximum absolute atomic E-state index is 12.1. The van der Waals surface area contributed by atoms with Crippen LogP contribution in [0.4, 0.5) is 11.4 Å². The molecule has 1 aliphatic rings. The number of hydrogen-bond acceptors (Lipinski definition) is 4. The van der Waals surface area contributed by atoms with Crippen LogP contribution in [0.15, 0.2) is 18.2 Å². The molecule has 2 rings (SSSR count). The Kier molecular flexibility index (Phi) is 5.79. The molecule has 1 aliphatic heterocycles. The van der Waals surface area contributed by atoms with Crippen molar-refractivity contribution in [2.75, 3.05) is 29.9 Å². The molecule has 6 heteroatoms. The second-order valence-electron chi connectivity index (χ2n) is 5.38. The Hall–Kier alpha value is -0.910. The zero-order valence-corrected chi connectivity index (χ0v) is 14.0. The number of nitrogens with two attached hydrogens (primary N) is 1. The van der Waals surface area contributed by atoms with Gasteiger partial charge in [0.2, 0.25) is 5.91 Å². The van der Waals surface area contributed by atoms with E-state index in [4.69, 9.17) is 17.3 Å². The van der Waals surface area contributed by atoms with E-state index < -0.39 is 0 Å². The summed E-state index contributed by atoms with van der Waals surface area (Å²) in [4.78, 5) is 14.4. The van der Waals surface area contributed by atoms with Crippen LogP contribution in [-0.2, 0) is 4.79 Å². The summed E-state index contributed by atoms with van der Waals surface area (Å²) in [5.41, 5.74) is 6.95. The number of nitrogens with zero attached hydrogens (tertiary/aromatic N) is 1. The van der Waals surface area contributed by atoms with Gasteiger partial charge in [0, 0.05) is 41.6 Å². The third-order valence-electron chi connectivity index (χ3n) is 3.93. The van der Waals surface area contributed by atoms with Crippen molar-refractivity contribution in [1.82, 2.24) is 4.90 Å². The molecule has 0 bridgehead atoms. The number of nitrogen functional groups attached to an aromatic ring is 1. The van der Waals surface area contributed by atoms with E-state index in [2.05, 4.69) is 24.1 Å². The lowest BCUT2D eigenvalue weighted by Gasteiger charge is -2.37. The molecule has 3 N–H and O–H groups in total. The highest BCUT2D eigenvalue weighted by atomic mass is 35.5. The number of rotatable bonds is 4. The van der Waals surface area contributed by atoms with E-state index in [1.165, 1.54) is 0 Å². The smallest absolute Gasteiger partial charge is 0.225 e. The van der Waals surface area contributed by atoms with E-state index in [0.29, 0.717) is 34.1 Å². The van der Waals surface area contributed by atoms with Crippen LogP contribution in [0.2, 0.25) is 5.02 Å². The minimum absolute atomic E-state index is 0.0259. The van der Waals surface area contributed by atoms with Crippen LogP contribution in [0.1, 0.15) is 20.3 Å². The molecule has 0 radical (unpaired) electrons. The summed E-state index contributed by atoms with van der Waals surface area (Å²) >= 11 is 7.91. The van der Waals surface area contributed by atoms with Gasteiger partial charge >= 0.3 is 0 Å².